The van der Waals surface area contributed by atoms with E-state index in [9.17, 15) is 8.42 Å². The second kappa shape index (κ2) is 5.77. The first-order chi connectivity index (χ1) is 8.69. The van der Waals surface area contributed by atoms with Crippen molar-refractivity contribution in [2.45, 2.75) is 18.7 Å². The zero-order chi connectivity index (χ0) is 14.7. The van der Waals surface area contributed by atoms with Gasteiger partial charge in [0.05, 0.1) is 4.90 Å². The Morgan fingerprint density at radius 2 is 2.16 bits per heavy atom. The van der Waals surface area contributed by atoms with Crippen molar-refractivity contribution >= 4 is 27.5 Å². The normalized spacial score (nSPS) is 13.5. The fourth-order valence-corrected chi connectivity index (χ4v) is 2.73. The van der Waals surface area contributed by atoms with Gasteiger partial charge >= 0.3 is 0 Å². The minimum Gasteiger partial charge on any atom is -0.409 e. The Morgan fingerprint density at radius 3 is 2.68 bits per heavy atom. The van der Waals surface area contributed by atoms with E-state index in [0.717, 1.165) is 0 Å². The lowest BCUT2D eigenvalue weighted by Gasteiger charge is -2.23. The van der Waals surface area contributed by atoms with Gasteiger partial charge in [0, 0.05) is 17.0 Å². The Kier molecular flexibility index (Phi) is 4.78. The monoisotopic (exact) mass is 305 g/mol. The molecule has 0 bridgehead atoms. The topological polar surface area (TPSA) is 105 Å². The van der Waals surface area contributed by atoms with Crippen LogP contribution >= 0.6 is 11.6 Å². The number of oxime groups is 1. The zero-order valence-corrected chi connectivity index (χ0v) is 12.2. The molecule has 6 nitrogen and oxygen atoms in total. The number of rotatable bonds is 5. The fraction of sp³-hybridized carbons (Fsp3) is 0.364. The molecular formula is C11H16ClN3O3S. The van der Waals surface area contributed by atoms with Crippen molar-refractivity contribution in [1.29, 1.82) is 0 Å². The maximum Gasteiger partial charge on any atom is 0.240 e. The van der Waals surface area contributed by atoms with Gasteiger partial charge in [-0.2, -0.15) is 0 Å². The summed E-state index contributed by atoms with van der Waals surface area (Å²) >= 11 is 5.75. The summed E-state index contributed by atoms with van der Waals surface area (Å²) in [5, 5.41) is 11.8. The number of hydrogen-bond acceptors (Lipinski definition) is 4. The molecule has 106 valence electrons. The standard InChI is InChI=1S/C11H16ClN3O3S/c1-11(2,10(13)15-16)7-14-19(17,18)9-5-3-4-8(12)6-9/h3-6,14,16H,7H2,1-2H3,(H2,13,15). The van der Waals surface area contributed by atoms with Gasteiger partial charge in [-0.3, -0.25) is 0 Å². The van der Waals surface area contributed by atoms with E-state index in [0.29, 0.717) is 5.02 Å². The predicted octanol–water partition coefficient (Wildman–Crippen LogP) is 1.39. The molecule has 0 amide bonds. The number of nitrogens with zero attached hydrogens (tertiary/aromatic N) is 1. The lowest BCUT2D eigenvalue weighted by Crippen LogP contribution is -2.42. The molecule has 0 aromatic heterocycles. The molecule has 0 radical (unpaired) electrons. The molecule has 19 heavy (non-hydrogen) atoms. The highest BCUT2D eigenvalue weighted by Crippen LogP contribution is 2.18. The molecule has 0 fully saturated rings. The van der Waals surface area contributed by atoms with Crippen LogP contribution in [0.15, 0.2) is 34.3 Å². The Labute approximate surface area is 117 Å². The Hall–Kier alpha value is -1.31. The summed E-state index contributed by atoms with van der Waals surface area (Å²) in [6.45, 7) is 3.31. The van der Waals surface area contributed by atoms with Crippen LogP contribution in [0.2, 0.25) is 5.02 Å². The van der Waals surface area contributed by atoms with Gasteiger partial charge in [-0.15, -0.1) is 0 Å². The molecule has 0 aliphatic rings. The largest absolute Gasteiger partial charge is 0.409 e. The first kappa shape index (κ1) is 15.7. The second-order valence-electron chi connectivity index (χ2n) is 4.65. The van der Waals surface area contributed by atoms with Crippen LogP contribution in [0.4, 0.5) is 0 Å². The van der Waals surface area contributed by atoms with Crippen LogP contribution in [0.5, 0.6) is 0 Å². The first-order valence-electron chi connectivity index (χ1n) is 5.42. The Morgan fingerprint density at radius 1 is 1.53 bits per heavy atom. The Balaban J connectivity index is 2.88. The molecule has 0 aliphatic carbocycles. The number of benzene rings is 1. The molecule has 1 rings (SSSR count). The summed E-state index contributed by atoms with van der Waals surface area (Å²) in [7, 11) is -3.68. The van der Waals surface area contributed by atoms with E-state index in [4.69, 9.17) is 22.5 Å². The minimum absolute atomic E-state index is 0.00224. The van der Waals surface area contributed by atoms with Crippen LogP contribution in [0, 0.1) is 5.41 Å². The summed E-state index contributed by atoms with van der Waals surface area (Å²) in [5.41, 5.74) is 4.68. The third-order valence-corrected chi connectivity index (χ3v) is 4.25. The van der Waals surface area contributed by atoms with Gasteiger partial charge in [-0.1, -0.05) is 36.7 Å². The fourth-order valence-electron chi connectivity index (χ4n) is 1.22. The van der Waals surface area contributed by atoms with Crippen molar-refractivity contribution in [3.63, 3.8) is 0 Å². The highest BCUT2D eigenvalue weighted by Gasteiger charge is 2.26. The first-order valence-corrected chi connectivity index (χ1v) is 7.28. The number of halogens is 1. The molecule has 0 heterocycles. The van der Waals surface area contributed by atoms with Crippen molar-refractivity contribution in [2.24, 2.45) is 16.3 Å². The van der Waals surface area contributed by atoms with Crippen LogP contribution < -0.4 is 10.5 Å². The van der Waals surface area contributed by atoms with E-state index < -0.39 is 15.4 Å². The molecule has 8 heteroatoms. The molecule has 0 saturated carbocycles. The average Bonchev–Trinajstić information content (AvgIpc) is 2.35. The Bertz CT molecular complexity index is 585. The average molecular weight is 306 g/mol. The predicted molar refractivity (Wildman–Crippen MR) is 73.8 cm³/mol. The summed E-state index contributed by atoms with van der Waals surface area (Å²) in [6, 6.07) is 5.91. The smallest absolute Gasteiger partial charge is 0.240 e. The van der Waals surface area contributed by atoms with Crippen LogP contribution in [0.25, 0.3) is 0 Å². The molecule has 0 atom stereocenters. The van der Waals surface area contributed by atoms with Gasteiger partial charge in [0.25, 0.3) is 0 Å². The quantitative estimate of drug-likeness (QED) is 0.331. The van der Waals surface area contributed by atoms with Crippen LogP contribution in [0.3, 0.4) is 0 Å². The van der Waals surface area contributed by atoms with Gasteiger partial charge in [0.2, 0.25) is 10.0 Å². The lowest BCUT2D eigenvalue weighted by molar-refractivity contribution is 0.307. The van der Waals surface area contributed by atoms with Crippen molar-refractivity contribution < 1.29 is 13.6 Å². The second-order valence-corrected chi connectivity index (χ2v) is 6.85. The van der Waals surface area contributed by atoms with Gasteiger partial charge in [-0.25, -0.2) is 13.1 Å². The highest BCUT2D eigenvalue weighted by atomic mass is 35.5. The number of sulfonamides is 1. The van der Waals surface area contributed by atoms with E-state index in [-0.39, 0.29) is 17.3 Å². The summed E-state index contributed by atoms with van der Waals surface area (Å²) in [6.07, 6.45) is 0. The zero-order valence-electron chi connectivity index (χ0n) is 10.6. The van der Waals surface area contributed by atoms with Gasteiger partial charge in [-0.05, 0) is 18.2 Å². The third-order valence-electron chi connectivity index (χ3n) is 2.61. The van der Waals surface area contributed by atoms with Crippen molar-refractivity contribution in [3.8, 4) is 0 Å². The molecule has 0 aliphatic heterocycles. The van der Waals surface area contributed by atoms with Gasteiger partial charge in [0.15, 0.2) is 0 Å². The van der Waals surface area contributed by atoms with E-state index in [1.54, 1.807) is 26.0 Å². The SMILES string of the molecule is CC(C)(CNS(=O)(=O)c1cccc(Cl)c1)/C(N)=N/O. The maximum absolute atomic E-state index is 12.0. The molecule has 1 aromatic rings. The summed E-state index contributed by atoms with van der Waals surface area (Å²) in [4.78, 5) is 0.0651. The van der Waals surface area contributed by atoms with Crippen molar-refractivity contribution in [1.82, 2.24) is 4.72 Å². The van der Waals surface area contributed by atoms with Crippen molar-refractivity contribution in [3.05, 3.63) is 29.3 Å². The van der Waals surface area contributed by atoms with E-state index in [1.165, 1.54) is 12.1 Å². The van der Waals surface area contributed by atoms with E-state index in [2.05, 4.69) is 9.88 Å². The van der Waals surface area contributed by atoms with E-state index >= 15 is 0 Å². The highest BCUT2D eigenvalue weighted by molar-refractivity contribution is 7.89. The van der Waals surface area contributed by atoms with Crippen LogP contribution in [0.1, 0.15) is 13.8 Å². The summed E-state index contributed by atoms with van der Waals surface area (Å²) in [5.74, 6) is -0.0544. The number of nitrogens with two attached hydrogens (primary N) is 1. The molecular weight excluding hydrogens is 290 g/mol. The molecule has 0 unspecified atom stereocenters. The number of amidine groups is 1. The summed E-state index contributed by atoms with van der Waals surface area (Å²) < 4.78 is 26.5. The molecule has 4 N–H and O–H groups in total. The van der Waals surface area contributed by atoms with Crippen LogP contribution in [-0.4, -0.2) is 26.0 Å². The molecule has 0 spiro atoms. The number of hydrogen-bond donors (Lipinski definition) is 3. The maximum atomic E-state index is 12.0. The van der Waals surface area contributed by atoms with Crippen LogP contribution in [-0.2, 0) is 10.0 Å². The minimum atomic E-state index is -3.68. The lowest BCUT2D eigenvalue weighted by atomic mass is 9.93. The molecule has 1 aromatic carbocycles. The third kappa shape index (κ3) is 4.09. The number of nitrogens with one attached hydrogen (secondary N) is 1. The molecule has 0 saturated heterocycles. The van der Waals surface area contributed by atoms with Crippen molar-refractivity contribution in [2.75, 3.05) is 6.54 Å². The van der Waals surface area contributed by atoms with Gasteiger partial charge in [0.1, 0.15) is 5.84 Å². The van der Waals surface area contributed by atoms with Gasteiger partial charge < -0.3 is 10.9 Å². The van der Waals surface area contributed by atoms with E-state index in [1.807, 2.05) is 0 Å².